The van der Waals surface area contributed by atoms with Crippen molar-refractivity contribution in [3.63, 3.8) is 0 Å². The van der Waals surface area contributed by atoms with Crippen molar-refractivity contribution in [2.45, 2.75) is 58.3 Å². The maximum Gasteiger partial charge on any atom is 1.00 e. The molecule has 1 N–H and O–H groups in total. The molecular formula is C16H23NaO3. The number of carboxylic acids is 1. The number of hydrogen-bond donors (Lipinski definition) is 1. The second kappa shape index (κ2) is 11.2. The standard InChI is InChI=1S/C16H24O3.Na/c1-2-3-4-5-6-7-8-10-13-11-9-12-14(17)15(13)16(18)19;/h9,11-12,17H,2-8,10H2,1H3,(H,18,19);/q;+1/p-1. The first-order valence-corrected chi connectivity index (χ1v) is 7.19. The van der Waals surface area contributed by atoms with Crippen molar-refractivity contribution >= 4 is 5.97 Å². The summed E-state index contributed by atoms with van der Waals surface area (Å²) in [6, 6.07) is 4.71. The molecule has 0 unspecified atom stereocenters. The molecule has 0 bridgehead atoms. The van der Waals surface area contributed by atoms with Crippen LogP contribution in [0.5, 0.6) is 5.75 Å². The van der Waals surface area contributed by atoms with Crippen LogP contribution >= 0.6 is 0 Å². The van der Waals surface area contributed by atoms with Crippen LogP contribution < -0.4 is 34.7 Å². The van der Waals surface area contributed by atoms with Crippen molar-refractivity contribution < 1.29 is 44.6 Å². The number of hydrogen-bond acceptors (Lipinski definition) is 2. The summed E-state index contributed by atoms with van der Waals surface area (Å²) in [5.41, 5.74) is 0.627. The van der Waals surface area contributed by atoms with Gasteiger partial charge in [0.25, 0.3) is 0 Å². The Bertz CT molecular complexity index is 405. The van der Waals surface area contributed by atoms with Crippen LogP contribution in [0.1, 0.15) is 67.8 Å². The fourth-order valence-corrected chi connectivity index (χ4v) is 2.30. The van der Waals surface area contributed by atoms with Crippen molar-refractivity contribution in [2.75, 3.05) is 0 Å². The monoisotopic (exact) mass is 286 g/mol. The zero-order valence-corrected chi connectivity index (χ0v) is 14.7. The zero-order chi connectivity index (χ0) is 14.1. The molecule has 0 amide bonds. The van der Waals surface area contributed by atoms with Crippen LogP contribution in [0.4, 0.5) is 0 Å². The van der Waals surface area contributed by atoms with Crippen LogP contribution in [0.2, 0.25) is 0 Å². The number of unbranched alkanes of at least 4 members (excludes halogenated alkanes) is 6. The first-order chi connectivity index (χ1) is 9.16. The summed E-state index contributed by atoms with van der Waals surface area (Å²) in [5, 5.41) is 20.6. The molecule has 0 heterocycles. The Morgan fingerprint density at radius 3 is 2.30 bits per heavy atom. The molecule has 0 radical (unpaired) electrons. The number of benzene rings is 1. The van der Waals surface area contributed by atoms with Gasteiger partial charge in [-0.05, 0) is 18.4 Å². The van der Waals surface area contributed by atoms with Gasteiger partial charge in [-0.3, -0.25) is 0 Å². The molecule has 0 fully saturated rings. The van der Waals surface area contributed by atoms with E-state index in [0.717, 1.165) is 12.8 Å². The normalized spacial score (nSPS) is 10.1. The van der Waals surface area contributed by atoms with Gasteiger partial charge in [-0.1, -0.05) is 69.4 Å². The summed E-state index contributed by atoms with van der Waals surface area (Å²) in [5.74, 6) is -1.49. The minimum Gasteiger partial charge on any atom is -0.872 e. The Balaban J connectivity index is 0.00000361. The summed E-state index contributed by atoms with van der Waals surface area (Å²) in [4.78, 5) is 11.0. The third-order valence-corrected chi connectivity index (χ3v) is 3.38. The largest absolute Gasteiger partial charge is 1.00 e. The van der Waals surface area contributed by atoms with E-state index >= 15 is 0 Å². The Kier molecular flexibility index (Phi) is 10.9. The molecule has 1 aromatic carbocycles. The van der Waals surface area contributed by atoms with Gasteiger partial charge in [0.2, 0.25) is 0 Å². The van der Waals surface area contributed by atoms with Gasteiger partial charge in [-0.15, -0.1) is 0 Å². The molecule has 106 valence electrons. The van der Waals surface area contributed by atoms with Crippen LogP contribution in [0.3, 0.4) is 0 Å². The Morgan fingerprint density at radius 2 is 1.70 bits per heavy atom. The topological polar surface area (TPSA) is 60.4 Å². The van der Waals surface area contributed by atoms with E-state index in [2.05, 4.69) is 6.92 Å². The average Bonchev–Trinajstić information content (AvgIpc) is 2.37. The smallest absolute Gasteiger partial charge is 0.872 e. The molecule has 20 heavy (non-hydrogen) atoms. The number of carbonyl (C=O) groups is 1. The third kappa shape index (κ3) is 6.78. The number of rotatable bonds is 9. The minimum absolute atomic E-state index is 0. The summed E-state index contributed by atoms with van der Waals surface area (Å²) in [6.45, 7) is 2.20. The Labute approximate surface area is 143 Å². The van der Waals surface area contributed by atoms with Gasteiger partial charge in [0.05, 0.1) is 5.56 Å². The molecular weight excluding hydrogens is 263 g/mol. The van der Waals surface area contributed by atoms with Gasteiger partial charge < -0.3 is 10.2 Å². The van der Waals surface area contributed by atoms with E-state index in [-0.39, 0.29) is 40.9 Å². The van der Waals surface area contributed by atoms with E-state index in [1.54, 1.807) is 12.1 Å². The molecule has 3 nitrogen and oxygen atoms in total. The van der Waals surface area contributed by atoms with Gasteiger partial charge in [0.1, 0.15) is 0 Å². The minimum atomic E-state index is -1.11. The van der Waals surface area contributed by atoms with Gasteiger partial charge in [0.15, 0.2) is 0 Å². The maximum atomic E-state index is 11.5. The molecule has 0 atom stereocenters. The summed E-state index contributed by atoms with van der Waals surface area (Å²) in [7, 11) is 0. The van der Waals surface area contributed by atoms with E-state index < -0.39 is 5.97 Å². The van der Waals surface area contributed by atoms with Gasteiger partial charge >= 0.3 is 35.5 Å². The predicted molar refractivity (Wildman–Crippen MR) is 74.5 cm³/mol. The second-order valence-corrected chi connectivity index (χ2v) is 4.97. The zero-order valence-electron chi connectivity index (χ0n) is 12.7. The maximum absolute atomic E-state index is 11.5. The third-order valence-electron chi connectivity index (χ3n) is 3.38. The number of aromatic carboxylic acids is 1. The number of aryl methyl sites for hydroxylation is 1. The van der Waals surface area contributed by atoms with Crippen LogP contribution in [0, 0.1) is 0 Å². The van der Waals surface area contributed by atoms with Crippen molar-refractivity contribution in [1.82, 2.24) is 0 Å². The first-order valence-electron chi connectivity index (χ1n) is 7.19. The van der Waals surface area contributed by atoms with Gasteiger partial charge in [0, 0.05) is 0 Å². The van der Waals surface area contributed by atoms with E-state index in [4.69, 9.17) is 5.11 Å². The fourth-order valence-electron chi connectivity index (χ4n) is 2.30. The molecule has 1 rings (SSSR count). The molecule has 4 heteroatoms. The molecule has 0 saturated heterocycles. The van der Waals surface area contributed by atoms with E-state index in [9.17, 15) is 9.90 Å². The molecule has 0 saturated carbocycles. The molecule has 0 aliphatic carbocycles. The van der Waals surface area contributed by atoms with Crippen molar-refractivity contribution in [3.8, 4) is 5.75 Å². The van der Waals surface area contributed by atoms with Crippen LogP contribution in [0.15, 0.2) is 18.2 Å². The predicted octanol–water partition coefficient (Wildman–Crippen LogP) is 0.756. The molecule has 0 spiro atoms. The van der Waals surface area contributed by atoms with E-state index in [0.29, 0.717) is 12.0 Å². The Morgan fingerprint density at radius 1 is 1.10 bits per heavy atom. The average molecular weight is 286 g/mol. The van der Waals surface area contributed by atoms with Gasteiger partial charge in [-0.2, -0.15) is 0 Å². The summed E-state index contributed by atoms with van der Waals surface area (Å²) < 4.78 is 0. The quantitative estimate of drug-likeness (QED) is 0.538. The SMILES string of the molecule is CCCCCCCCCc1cccc([O-])c1C(=O)O.[Na+]. The second-order valence-electron chi connectivity index (χ2n) is 4.97. The van der Waals surface area contributed by atoms with Crippen molar-refractivity contribution in [2.24, 2.45) is 0 Å². The fraction of sp³-hybridized carbons (Fsp3) is 0.562. The van der Waals surface area contributed by atoms with Crippen molar-refractivity contribution in [3.05, 3.63) is 29.3 Å². The molecule has 1 aromatic rings. The van der Waals surface area contributed by atoms with Gasteiger partial charge in [-0.25, -0.2) is 4.79 Å². The van der Waals surface area contributed by atoms with E-state index in [1.165, 1.54) is 38.2 Å². The summed E-state index contributed by atoms with van der Waals surface area (Å²) >= 11 is 0. The first kappa shape index (κ1) is 19.5. The van der Waals surface area contributed by atoms with Crippen LogP contribution in [-0.4, -0.2) is 11.1 Å². The molecule has 0 aliphatic rings. The van der Waals surface area contributed by atoms with E-state index in [1.807, 2.05) is 0 Å². The van der Waals surface area contributed by atoms with Crippen LogP contribution in [-0.2, 0) is 6.42 Å². The number of carboxylic acid groups (broad SMARTS) is 1. The van der Waals surface area contributed by atoms with Crippen LogP contribution in [0.25, 0.3) is 0 Å². The summed E-state index contributed by atoms with van der Waals surface area (Å²) in [6.07, 6.45) is 9.01. The Hall–Kier alpha value is -0.510. The molecule has 0 aromatic heterocycles. The molecule has 0 aliphatic heterocycles. The van der Waals surface area contributed by atoms with Crippen molar-refractivity contribution in [1.29, 1.82) is 0 Å².